The van der Waals surface area contributed by atoms with Gasteiger partial charge in [0.2, 0.25) is 5.95 Å². The highest BCUT2D eigenvalue weighted by Gasteiger charge is 2.19. The fourth-order valence-corrected chi connectivity index (χ4v) is 2.62. The minimum absolute atomic E-state index is 0.125. The summed E-state index contributed by atoms with van der Waals surface area (Å²) in [5.41, 5.74) is 13.5. The molecular weight excluding hydrogens is 337 g/mol. The molecule has 0 fully saturated rings. The third-order valence-electron chi connectivity index (χ3n) is 3.25. The number of nitrogen functional groups attached to an aromatic ring is 1. The Hall–Kier alpha value is -2.57. The van der Waals surface area contributed by atoms with E-state index < -0.39 is 5.91 Å². The Morgan fingerprint density at radius 3 is 2.70 bits per heavy atom. The lowest BCUT2D eigenvalue weighted by Crippen LogP contribution is -2.11. The normalized spacial score (nSPS) is 10.7. The average molecular weight is 348 g/mol. The van der Waals surface area contributed by atoms with E-state index in [0.29, 0.717) is 32.7 Å². The molecule has 0 atom stereocenters. The molecule has 0 spiro atoms. The van der Waals surface area contributed by atoms with Crippen LogP contribution in [0.3, 0.4) is 0 Å². The van der Waals surface area contributed by atoms with Gasteiger partial charge in [-0.1, -0.05) is 35.3 Å². The zero-order valence-corrected chi connectivity index (χ0v) is 13.2. The molecule has 3 aromatic rings. The highest BCUT2D eigenvalue weighted by Crippen LogP contribution is 2.36. The highest BCUT2D eigenvalue weighted by atomic mass is 35.5. The number of aromatic nitrogens is 3. The number of halogens is 2. The van der Waals surface area contributed by atoms with E-state index in [9.17, 15) is 4.79 Å². The van der Waals surface area contributed by atoms with E-state index in [4.69, 9.17) is 34.7 Å². The van der Waals surface area contributed by atoms with Gasteiger partial charge in [0.1, 0.15) is 0 Å². The topological polar surface area (TPSA) is 111 Å². The van der Waals surface area contributed by atoms with E-state index in [1.165, 1.54) is 6.20 Å². The summed E-state index contributed by atoms with van der Waals surface area (Å²) in [6.45, 7) is 0. The number of primary amides is 1. The molecule has 8 heteroatoms. The van der Waals surface area contributed by atoms with E-state index in [-0.39, 0.29) is 11.5 Å². The lowest BCUT2D eigenvalue weighted by atomic mass is 10.1. The van der Waals surface area contributed by atoms with Crippen LogP contribution in [0.5, 0.6) is 0 Å². The molecule has 0 aliphatic heterocycles. The van der Waals surface area contributed by atoms with Crippen LogP contribution in [0.2, 0.25) is 10.0 Å². The molecule has 5 N–H and O–H groups in total. The molecule has 1 amide bonds. The van der Waals surface area contributed by atoms with Crippen molar-refractivity contribution in [3.8, 4) is 22.6 Å². The van der Waals surface area contributed by atoms with Gasteiger partial charge in [-0.25, -0.2) is 9.97 Å². The zero-order chi connectivity index (χ0) is 16.6. The van der Waals surface area contributed by atoms with Crippen molar-refractivity contribution in [1.82, 2.24) is 15.0 Å². The molecule has 0 bridgehead atoms. The predicted molar refractivity (Wildman–Crippen MR) is 90.2 cm³/mol. The van der Waals surface area contributed by atoms with Gasteiger partial charge in [-0.05, 0) is 18.2 Å². The maximum Gasteiger partial charge on any atom is 0.250 e. The van der Waals surface area contributed by atoms with Crippen molar-refractivity contribution < 1.29 is 4.79 Å². The number of carbonyl (C=O) groups excluding carboxylic acids is 1. The Morgan fingerprint density at radius 2 is 2.00 bits per heavy atom. The summed E-state index contributed by atoms with van der Waals surface area (Å²) in [7, 11) is 0. The van der Waals surface area contributed by atoms with Crippen LogP contribution in [0.4, 0.5) is 5.95 Å². The van der Waals surface area contributed by atoms with Crippen LogP contribution in [0.15, 0.2) is 36.5 Å². The van der Waals surface area contributed by atoms with E-state index in [2.05, 4.69) is 15.0 Å². The van der Waals surface area contributed by atoms with E-state index in [1.54, 1.807) is 30.3 Å². The summed E-state index contributed by atoms with van der Waals surface area (Å²) in [5, 5.41) is 0.703. The van der Waals surface area contributed by atoms with Gasteiger partial charge in [0.05, 0.1) is 32.7 Å². The van der Waals surface area contributed by atoms with E-state index in [1.807, 2.05) is 0 Å². The minimum atomic E-state index is -0.597. The molecule has 6 nitrogen and oxygen atoms in total. The second kappa shape index (κ2) is 5.91. The van der Waals surface area contributed by atoms with Crippen LogP contribution in [0.25, 0.3) is 22.6 Å². The molecule has 1 aromatic carbocycles. The Balaban J connectivity index is 2.21. The summed E-state index contributed by atoms with van der Waals surface area (Å²) < 4.78 is 0. The first-order valence-corrected chi connectivity index (χ1v) is 7.29. The van der Waals surface area contributed by atoms with E-state index >= 15 is 0 Å². The van der Waals surface area contributed by atoms with Gasteiger partial charge in [0.25, 0.3) is 5.91 Å². The molecule has 0 aliphatic carbocycles. The quantitative estimate of drug-likeness (QED) is 0.675. The molecule has 3 rings (SSSR count). The van der Waals surface area contributed by atoms with Gasteiger partial charge in [-0.15, -0.1) is 0 Å². The van der Waals surface area contributed by atoms with Crippen molar-refractivity contribution >= 4 is 35.1 Å². The molecule has 0 aliphatic rings. The number of nitrogens with two attached hydrogens (primary N) is 2. The number of benzene rings is 1. The number of nitrogens with one attached hydrogen (secondary N) is 1. The first-order valence-electron chi connectivity index (χ1n) is 6.53. The Bertz CT molecular complexity index is 907. The second-order valence-electron chi connectivity index (χ2n) is 4.74. The number of H-pyrrole nitrogens is 1. The van der Waals surface area contributed by atoms with Crippen LogP contribution in [-0.4, -0.2) is 20.9 Å². The third-order valence-corrected chi connectivity index (χ3v) is 4.07. The van der Waals surface area contributed by atoms with Gasteiger partial charge >= 0.3 is 0 Å². The molecule has 23 heavy (non-hydrogen) atoms. The van der Waals surface area contributed by atoms with Crippen LogP contribution in [-0.2, 0) is 0 Å². The van der Waals surface area contributed by atoms with Crippen molar-refractivity contribution in [2.24, 2.45) is 5.73 Å². The predicted octanol–water partition coefficient (Wildman–Crippen LogP) is 3.13. The number of amides is 1. The van der Waals surface area contributed by atoms with Gasteiger partial charge < -0.3 is 16.5 Å². The van der Waals surface area contributed by atoms with Crippen LogP contribution >= 0.6 is 23.2 Å². The number of hydrogen-bond donors (Lipinski definition) is 3. The Morgan fingerprint density at radius 1 is 1.22 bits per heavy atom. The number of carbonyl (C=O) groups is 1. The zero-order valence-electron chi connectivity index (χ0n) is 11.7. The molecule has 0 unspecified atom stereocenters. The second-order valence-corrected chi connectivity index (χ2v) is 5.52. The number of nitrogens with zero attached hydrogens (tertiary/aromatic N) is 2. The van der Waals surface area contributed by atoms with Crippen molar-refractivity contribution in [2.45, 2.75) is 0 Å². The van der Waals surface area contributed by atoms with Crippen LogP contribution in [0.1, 0.15) is 10.4 Å². The lowest BCUT2D eigenvalue weighted by Gasteiger charge is -2.05. The molecule has 0 saturated carbocycles. The standard InChI is InChI=1S/C15H11Cl2N5O/c16-9-3-1-2-7(12(9)17)13-8(14(18)23)6-11(21-13)10-4-5-20-15(19)22-10/h1-6,21H,(H2,18,23)(H2,19,20,22). The Labute approximate surface area is 141 Å². The fourth-order valence-electron chi connectivity index (χ4n) is 2.22. The summed E-state index contributed by atoms with van der Waals surface area (Å²) >= 11 is 12.3. The molecule has 0 radical (unpaired) electrons. The fraction of sp³-hybridized carbons (Fsp3) is 0. The van der Waals surface area contributed by atoms with Crippen LogP contribution in [0, 0.1) is 0 Å². The summed E-state index contributed by atoms with van der Waals surface area (Å²) in [6.07, 6.45) is 1.52. The summed E-state index contributed by atoms with van der Waals surface area (Å²) in [6, 6.07) is 8.39. The Kier molecular flexibility index (Phi) is 3.94. The molecule has 2 heterocycles. The van der Waals surface area contributed by atoms with Gasteiger partial charge in [-0.2, -0.15) is 0 Å². The summed E-state index contributed by atoms with van der Waals surface area (Å²) in [5.74, 6) is -0.472. The van der Waals surface area contributed by atoms with Crippen LogP contribution < -0.4 is 11.5 Å². The maximum atomic E-state index is 11.8. The molecule has 0 saturated heterocycles. The highest BCUT2D eigenvalue weighted by molar-refractivity contribution is 6.43. The average Bonchev–Trinajstić information content (AvgIpc) is 2.95. The number of hydrogen-bond acceptors (Lipinski definition) is 4. The van der Waals surface area contributed by atoms with Gasteiger partial charge in [0.15, 0.2) is 0 Å². The third kappa shape index (κ3) is 2.86. The SMILES string of the molecule is NC(=O)c1cc(-c2ccnc(N)n2)[nH]c1-c1cccc(Cl)c1Cl. The largest absolute Gasteiger partial charge is 0.368 e. The van der Waals surface area contributed by atoms with Crippen molar-refractivity contribution in [3.63, 3.8) is 0 Å². The molecular formula is C15H11Cl2N5O. The smallest absolute Gasteiger partial charge is 0.250 e. The molecule has 2 aromatic heterocycles. The number of aromatic amines is 1. The van der Waals surface area contributed by atoms with Crippen molar-refractivity contribution in [3.05, 3.63) is 52.1 Å². The number of anilines is 1. The monoisotopic (exact) mass is 347 g/mol. The van der Waals surface area contributed by atoms with E-state index in [0.717, 1.165) is 0 Å². The van der Waals surface area contributed by atoms with Gasteiger partial charge in [0, 0.05) is 11.8 Å². The first-order chi connectivity index (χ1) is 11.0. The maximum absolute atomic E-state index is 11.8. The minimum Gasteiger partial charge on any atom is -0.368 e. The number of rotatable bonds is 3. The first kappa shape index (κ1) is 15.3. The van der Waals surface area contributed by atoms with Gasteiger partial charge in [-0.3, -0.25) is 4.79 Å². The van der Waals surface area contributed by atoms with Crippen molar-refractivity contribution in [2.75, 3.05) is 5.73 Å². The lowest BCUT2D eigenvalue weighted by molar-refractivity contribution is 0.100. The molecule has 116 valence electrons. The van der Waals surface area contributed by atoms with Crippen molar-refractivity contribution in [1.29, 1.82) is 0 Å². The summed E-state index contributed by atoms with van der Waals surface area (Å²) in [4.78, 5) is 22.8.